The van der Waals surface area contributed by atoms with Gasteiger partial charge in [-0.25, -0.2) is 0 Å². The maximum atomic E-state index is 12.4. The third-order valence-electron chi connectivity index (χ3n) is 5.81. The number of furan rings is 1. The van der Waals surface area contributed by atoms with E-state index in [2.05, 4.69) is 10.2 Å². The molecule has 6 heteroatoms. The Kier molecular flexibility index (Phi) is 5.39. The number of nitrogens with one attached hydrogen (secondary N) is 1. The zero-order valence-electron chi connectivity index (χ0n) is 14.7. The zero-order chi connectivity index (χ0) is 17.1. The lowest BCUT2D eigenvalue weighted by atomic mass is 9.96. The summed E-state index contributed by atoms with van der Waals surface area (Å²) in [5, 5.41) is 2.93. The first-order chi connectivity index (χ1) is 12.3. The second kappa shape index (κ2) is 7.89. The van der Waals surface area contributed by atoms with E-state index in [4.69, 9.17) is 13.9 Å². The van der Waals surface area contributed by atoms with Gasteiger partial charge in [-0.15, -0.1) is 0 Å². The standard InChI is InChI=1S/C19H28N2O4/c22-19(20-12-15-2-1-9-24-15)18-4-3-16-17(25-18)5-8-21(16)13-14-6-10-23-11-7-14/h1-2,9,14,16-18H,3-8,10-13H2,(H,20,22)/t16-,17-,18-/m1/s1. The topological polar surface area (TPSA) is 63.9 Å². The minimum absolute atomic E-state index is 0.0160. The van der Waals surface area contributed by atoms with Gasteiger partial charge in [0.25, 0.3) is 0 Å². The zero-order valence-corrected chi connectivity index (χ0v) is 14.7. The molecule has 138 valence electrons. The van der Waals surface area contributed by atoms with Crippen molar-refractivity contribution in [2.45, 2.75) is 56.9 Å². The predicted molar refractivity (Wildman–Crippen MR) is 92.0 cm³/mol. The average Bonchev–Trinajstić information content (AvgIpc) is 3.30. The van der Waals surface area contributed by atoms with Crippen LogP contribution in [0.1, 0.15) is 37.9 Å². The molecule has 6 nitrogen and oxygen atoms in total. The minimum atomic E-state index is -0.320. The number of carbonyl (C=O) groups is 1. The summed E-state index contributed by atoms with van der Waals surface area (Å²) in [4.78, 5) is 15.0. The predicted octanol–water partition coefficient (Wildman–Crippen LogP) is 1.94. The molecule has 3 fully saturated rings. The van der Waals surface area contributed by atoms with Gasteiger partial charge in [0.05, 0.1) is 18.9 Å². The van der Waals surface area contributed by atoms with Crippen LogP contribution in [0.15, 0.2) is 22.8 Å². The second-order valence-electron chi connectivity index (χ2n) is 7.44. The van der Waals surface area contributed by atoms with Gasteiger partial charge in [-0.1, -0.05) is 0 Å². The lowest BCUT2D eigenvalue weighted by Crippen LogP contribution is -2.48. The quantitative estimate of drug-likeness (QED) is 0.881. The van der Waals surface area contributed by atoms with Gasteiger partial charge in [-0.2, -0.15) is 0 Å². The van der Waals surface area contributed by atoms with Crippen molar-refractivity contribution in [3.63, 3.8) is 0 Å². The first-order valence-corrected chi connectivity index (χ1v) is 9.57. The average molecular weight is 348 g/mol. The summed E-state index contributed by atoms with van der Waals surface area (Å²) in [6.07, 6.45) is 6.73. The van der Waals surface area contributed by atoms with Crippen LogP contribution in [-0.2, 0) is 20.8 Å². The van der Waals surface area contributed by atoms with Crippen molar-refractivity contribution in [3.8, 4) is 0 Å². The van der Waals surface area contributed by atoms with E-state index in [1.54, 1.807) is 6.26 Å². The fraction of sp³-hybridized carbons (Fsp3) is 0.737. The molecule has 4 heterocycles. The van der Waals surface area contributed by atoms with Crippen LogP contribution < -0.4 is 5.32 Å². The van der Waals surface area contributed by atoms with Gasteiger partial charge in [-0.3, -0.25) is 9.69 Å². The minimum Gasteiger partial charge on any atom is -0.467 e. The number of amides is 1. The van der Waals surface area contributed by atoms with E-state index in [0.717, 1.165) is 57.2 Å². The highest BCUT2D eigenvalue weighted by molar-refractivity contribution is 5.80. The highest BCUT2D eigenvalue weighted by Gasteiger charge is 2.42. The molecule has 3 saturated heterocycles. The second-order valence-corrected chi connectivity index (χ2v) is 7.44. The number of ether oxygens (including phenoxy) is 2. The first kappa shape index (κ1) is 17.1. The molecule has 0 unspecified atom stereocenters. The number of likely N-dealkylation sites (tertiary alicyclic amines) is 1. The van der Waals surface area contributed by atoms with Crippen molar-refractivity contribution in [2.24, 2.45) is 5.92 Å². The van der Waals surface area contributed by atoms with Gasteiger partial charge >= 0.3 is 0 Å². The van der Waals surface area contributed by atoms with Crippen molar-refractivity contribution in [3.05, 3.63) is 24.2 Å². The smallest absolute Gasteiger partial charge is 0.249 e. The molecule has 1 aromatic heterocycles. The molecular weight excluding hydrogens is 320 g/mol. The summed E-state index contributed by atoms with van der Waals surface area (Å²) < 4.78 is 16.9. The number of hydrogen-bond acceptors (Lipinski definition) is 5. The Labute approximate surface area is 148 Å². The Morgan fingerprint density at radius 2 is 2.08 bits per heavy atom. The van der Waals surface area contributed by atoms with Gasteiger partial charge in [0.2, 0.25) is 5.91 Å². The van der Waals surface area contributed by atoms with Crippen LogP contribution in [0.2, 0.25) is 0 Å². The third-order valence-corrected chi connectivity index (χ3v) is 5.81. The van der Waals surface area contributed by atoms with Crippen LogP contribution in [0, 0.1) is 5.92 Å². The van der Waals surface area contributed by atoms with Gasteiger partial charge in [0, 0.05) is 32.3 Å². The lowest BCUT2D eigenvalue weighted by molar-refractivity contribution is -0.144. The van der Waals surface area contributed by atoms with E-state index in [-0.39, 0.29) is 18.1 Å². The number of nitrogens with zero attached hydrogens (tertiary/aromatic N) is 1. The monoisotopic (exact) mass is 348 g/mol. The molecule has 0 saturated carbocycles. The molecule has 0 bridgehead atoms. The van der Waals surface area contributed by atoms with E-state index in [1.807, 2.05) is 12.1 Å². The fourth-order valence-corrected chi connectivity index (χ4v) is 4.40. The molecule has 1 amide bonds. The van der Waals surface area contributed by atoms with Crippen molar-refractivity contribution >= 4 is 5.91 Å². The largest absolute Gasteiger partial charge is 0.467 e. The molecule has 0 radical (unpaired) electrons. The number of rotatable bonds is 5. The summed E-state index contributed by atoms with van der Waals surface area (Å²) in [5.74, 6) is 1.50. The van der Waals surface area contributed by atoms with Gasteiger partial charge in [-0.05, 0) is 50.2 Å². The molecular formula is C19H28N2O4. The molecule has 3 atom stereocenters. The van der Waals surface area contributed by atoms with Crippen LogP contribution in [0.25, 0.3) is 0 Å². The maximum Gasteiger partial charge on any atom is 0.249 e. The highest BCUT2D eigenvalue weighted by atomic mass is 16.5. The van der Waals surface area contributed by atoms with Crippen molar-refractivity contribution in [1.82, 2.24) is 10.2 Å². The van der Waals surface area contributed by atoms with Crippen LogP contribution >= 0.6 is 0 Å². The Bertz CT molecular complexity index is 556. The van der Waals surface area contributed by atoms with Crippen molar-refractivity contribution in [2.75, 3.05) is 26.3 Å². The molecule has 25 heavy (non-hydrogen) atoms. The van der Waals surface area contributed by atoms with Gasteiger partial charge in [0.15, 0.2) is 0 Å². The molecule has 3 aliphatic heterocycles. The van der Waals surface area contributed by atoms with Gasteiger partial charge < -0.3 is 19.2 Å². The molecule has 1 aromatic rings. The molecule has 0 aliphatic carbocycles. The Morgan fingerprint density at radius 1 is 1.20 bits per heavy atom. The molecule has 3 aliphatic rings. The van der Waals surface area contributed by atoms with E-state index in [1.165, 1.54) is 12.8 Å². The van der Waals surface area contributed by atoms with E-state index in [9.17, 15) is 4.79 Å². The Hall–Kier alpha value is -1.37. The number of hydrogen-bond donors (Lipinski definition) is 1. The van der Waals surface area contributed by atoms with E-state index < -0.39 is 0 Å². The summed E-state index contributed by atoms with van der Waals surface area (Å²) >= 11 is 0. The number of fused-ring (bicyclic) bond motifs is 1. The summed E-state index contributed by atoms with van der Waals surface area (Å²) in [6.45, 7) is 4.48. The summed E-state index contributed by atoms with van der Waals surface area (Å²) in [7, 11) is 0. The number of carbonyl (C=O) groups excluding carboxylic acids is 1. The van der Waals surface area contributed by atoms with Crippen LogP contribution in [0.3, 0.4) is 0 Å². The molecule has 1 N–H and O–H groups in total. The summed E-state index contributed by atoms with van der Waals surface area (Å²) in [6, 6.07) is 4.18. The van der Waals surface area contributed by atoms with E-state index >= 15 is 0 Å². The lowest BCUT2D eigenvalue weighted by Gasteiger charge is -2.37. The first-order valence-electron chi connectivity index (χ1n) is 9.57. The fourth-order valence-electron chi connectivity index (χ4n) is 4.40. The van der Waals surface area contributed by atoms with Crippen molar-refractivity contribution in [1.29, 1.82) is 0 Å². The Balaban J connectivity index is 1.25. The van der Waals surface area contributed by atoms with Crippen molar-refractivity contribution < 1.29 is 18.7 Å². The normalized spacial score (nSPS) is 31.0. The molecule has 4 rings (SSSR count). The SMILES string of the molecule is O=C(NCc1ccco1)[C@H]1CC[C@@H]2[C@@H](CCN2CC2CCOCC2)O1. The molecule has 0 aromatic carbocycles. The maximum absolute atomic E-state index is 12.4. The Morgan fingerprint density at radius 3 is 2.88 bits per heavy atom. The van der Waals surface area contributed by atoms with Crippen LogP contribution in [0.5, 0.6) is 0 Å². The van der Waals surface area contributed by atoms with Crippen LogP contribution in [-0.4, -0.2) is 55.4 Å². The summed E-state index contributed by atoms with van der Waals surface area (Å²) in [5.41, 5.74) is 0. The van der Waals surface area contributed by atoms with Crippen LogP contribution in [0.4, 0.5) is 0 Å². The molecule has 0 spiro atoms. The van der Waals surface area contributed by atoms with E-state index in [0.29, 0.717) is 12.6 Å². The van der Waals surface area contributed by atoms with Gasteiger partial charge in [0.1, 0.15) is 11.9 Å². The third kappa shape index (κ3) is 4.07. The highest BCUT2D eigenvalue weighted by Crippen LogP contribution is 2.33.